The van der Waals surface area contributed by atoms with Crippen LogP contribution < -0.4 is 0 Å². The van der Waals surface area contributed by atoms with E-state index in [0.717, 1.165) is 38.8 Å². The summed E-state index contributed by atoms with van der Waals surface area (Å²) in [5, 5.41) is 0. The van der Waals surface area contributed by atoms with Crippen LogP contribution in [-0.4, -0.2) is 37.0 Å². The average molecular weight is 464 g/mol. The second-order valence-electron chi connectivity index (χ2n) is 8.96. The quantitative estimate of drug-likeness (QED) is 0.382. The van der Waals surface area contributed by atoms with Crippen LogP contribution in [0.25, 0.3) is 11.1 Å². The van der Waals surface area contributed by atoms with Crippen LogP contribution in [0.4, 0.5) is 13.2 Å². The van der Waals surface area contributed by atoms with E-state index >= 15 is 0 Å². The highest BCUT2D eigenvalue weighted by Gasteiger charge is 2.63. The number of hydrogen-bond donors (Lipinski definition) is 0. The summed E-state index contributed by atoms with van der Waals surface area (Å²) < 4.78 is 39.5. The van der Waals surface area contributed by atoms with Crippen LogP contribution in [0.1, 0.15) is 51.5 Å². The topological polar surface area (TPSA) is 3.24 Å². The molecule has 0 spiro atoms. The number of benzene rings is 2. The van der Waals surface area contributed by atoms with E-state index in [1.807, 2.05) is 18.7 Å². The molecule has 4 rings (SSSR count). The summed E-state index contributed by atoms with van der Waals surface area (Å²) in [6, 6.07) is 17.5. The fourth-order valence-corrected chi connectivity index (χ4v) is 4.97. The van der Waals surface area contributed by atoms with Crippen LogP contribution >= 0.6 is 11.8 Å². The van der Waals surface area contributed by atoms with Crippen LogP contribution in [0.15, 0.2) is 53.4 Å². The first-order valence-corrected chi connectivity index (χ1v) is 13.1. The zero-order valence-electron chi connectivity index (χ0n) is 19.5. The van der Waals surface area contributed by atoms with Crippen LogP contribution in [0.2, 0.25) is 0 Å². The van der Waals surface area contributed by atoms with Crippen molar-refractivity contribution in [3.8, 4) is 11.1 Å². The van der Waals surface area contributed by atoms with Gasteiger partial charge in [0.25, 0.3) is 0 Å². The molecule has 2 aromatic rings. The van der Waals surface area contributed by atoms with E-state index in [2.05, 4.69) is 54.8 Å². The van der Waals surface area contributed by atoms with Gasteiger partial charge in [0.05, 0.1) is 5.41 Å². The maximum atomic E-state index is 13.2. The lowest BCUT2D eigenvalue weighted by molar-refractivity contribution is -0.192. The molecule has 2 aromatic carbocycles. The minimum atomic E-state index is -4.03. The van der Waals surface area contributed by atoms with Gasteiger partial charge in [0, 0.05) is 11.4 Å². The third kappa shape index (κ3) is 6.32. The Kier molecular flexibility index (Phi) is 8.74. The predicted octanol–water partition coefficient (Wildman–Crippen LogP) is 8.09. The number of alkyl halides is 3. The number of piperidine rings is 1. The van der Waals surface area contributed by atoms with Gasteiger partial charge in [-0.05, 0) is 92.6 Å². The average Bonchev–Trinajstić information content (AvgIpc) is 3.61. The van der Waals surface area contributed by atoms with Crippen molar-refractivity contribution in [2.24, 2.45) is 11.3 Å². The van der Waals surface area contributed by atoms with Crippen molar-refractivity contribution in [2.75, 3.05) is 25.9 Å². The zero-order chi connectivity index (χ0) is 23.2. The molecule has 2 fully saturated rings. The SMILES string of the molecule is CC.CSc1ccc(-c2ccc(CCC3CCN(CC4(C(F)(F)F)CC4)CC3)cc2)cc1. The lowest BCUT2D eigenvalue weighted by Gasteiger charge is -2.35. The highest BCUT2D eigenvalue weighted by atomic mass is 32.2. The molecule has 0 unspecified atom stereocenters. The molecule has 176 valence electrons. The molecule has 0 amide bonds. The first kappa shape index (κ1) is 25.2. The summed E-state index contributed by atoms with van der Waals surface area (Å²) in [7, 11) is 0. The van der Waals surface area contributed by atoms with Crippen LogP contribution in [0.3, 0.4) is 0 Å². The van der Waals surface area contributed by atoms with Gasteiger partial charge in [0.1, 0.15) is 0 Å². The number of halogens is 3. The summed E-state index contributed by atoms with van der Waals surface area (Å²) in [5.74, 6) is 0.626. The molecule has 1 aliphatic carbocycles. The monoisotopic (exact) mass is 463 g/mol. The summed E-state index contributed by atoms with van der Waals surface area (Å²) in [5.41, 5.74) is 2.42. The summed E-state index contributed by atoms with van der Waals surface area (Å²) >= 11 is 1.75. The third-order valence-corrected chi connectivity index (χ3v) is 7.65. The lowest BCUT2D eigenvalue weighted by atomic mass is 9.89. The maximum absolute atomic E-state index is 13.2. The highest BCUT2D eigenvalue weighted by molar-refractivity contribution is 7.98. The normalized spacial score (nSPS) is 18.7. The first-order valence-electron chi connectivity index (χ1n) is 11.9. The fraction of sp³-hybridized carbons (Fsp3) is 0.556. The molecule has 0 bridgehead atoms. The molecule has 1 saturated carbocycles. The Hall–Kier alpha value is -1.46. The third-order valence-electron chi connectivity index (χ3n) is 6.91. The molecule has 0 aromatic heterocycles. The molecule has 2 aliphatic rings. The minimum Gasteiger partial charge on any atom is -0.302 e. The largest absolute Gasteiger partial charge is 0.395 e. The first-order chi connectivity index (χ1) is 15.4. The van der Waals surface area contributed by atoms with Gasteiger partial charge in [-0.25, -0.2) is 0 Å². The van der Waals surface area contributed by atoms with Gasteiger partial charge < -0.3 is 4.90 Å². The van der Waals surface area contributed by atoms with Gasteiger partial charge in [-0.1, -0.05) is 50.2 Å². The maximum Gasteiger partial charge on any atom is 0.395 e. The van der Waals surface area contributed by atoms with Crippen molar-refractivity contribution >= 4 is 11.8 Å². The summed E-state index contributed by atoms with van der Waals surface area (Å²) in [6.07, 6.45) is 2.89. The lowest BCUT2D eigenvalue weighted by Crippen LogP contribution is -2.42. The number of nitrogens with zero attached hydrogens (tertiary/aromatic N) is 1. The van der Waals surface area contributed by atoms with Crippen LogP contribution in [0.5, 0.6) is 0 Å². The second-order valence-corrected chi connectivity index (χ2v) is 9.84. The molecule has 1 aliphatic heterocycles. The van der Waals surface area contributed by atoms with Crippen molar-refractivity contribution in [1.29, 1.82) is 0 Å². The number of aryl methyl sites for hydroxylation is 1. The fourth-order valence-electron chi connectivity index (χ4n) is 4.56. The molecular weight excluding hydrogens is 427 g/mol. The smallest absolute Gasteiger partial charge is 0.302 e. The van der Waals surface area contributed by atoms with Crippen molar-refractivity contribution in [1.82, 2.24) is 4.90 Å². The zero-order valence-corrected chi connectivity index (χ0v) is 20.4. The number of rotatable bonds is 7. The standard InChI is InChI=1S/C25H30F3NS.C2H6/c1-30-23-10-8-22(9-11-23)21-6-4-19(5-7-21)2-3-20-12-16-29(17-13-20)18-24(14-15-24)25(26,27)28;1-2/h4-11,20H,2-3,12-18H2,1H3;1-2H3. The second kappa shape index (κ2) is 11.1. The highest BCUT2D eigenvalue weighted by Crippen LogP contribution is 2.58. The molecule has 1 saturated heterocycles. The van der Waals surface area contributed by atoms with Gasteiger partial charge >= 0.3 is 6.18 Å². The molecule has 0 atom stereocenters. The van der Waals surface area contributed by atoms with Crippen molar-refractivity contribution in [3.63, 3.8) is 0 Å². The van der Waals surface area contributed by atoms with E-state index < -0.39 is 11.6 Å². The minimum absolute atomic E-state index is 0.211. The summed E-state index contributed by atoms with van der Waals surface area (Å²) in [6.45, 7) is 5.84. The van der Waals surface area contributed by atoms with Crippen molar-refractivity contribution < 1.29 is 13.2 Å². The van der Waals surface area contributed by atoms with Gasteiger partial charge in [-0.3, -0.25) is 0 Å². The Labute approximate surface area is 195 Å². The molecule has 5 heteroatoms. The van der Waals surface area contributed by atoms with E-state index in [1.54, 1.807) is 11.8 Å². The molecule has 1 heterocycles. The molecule has 1 nitrogen and oxygen atoms in total. The predicted molar refractivity (Wildman–Crippen MR) is 130 cm³/mol. The van der Waals surface area contributed by atoms with Crippen LogP contribution in [0, 0.1) is 11.3 Å². The van der Waals surface area contributed by atoms with Gasteiger partial charge in [0.2, 0.25) is 0 Å². The Balaban J connectivity index is 0.00000141. The van der Waals surface area contributed by atoms with E-state index in [9.17, 15) is 13.2 Å². The Morgan fingerprint density at radius 3 is 1.91 bits per heavy atom. The number of hydrogen-bond acceptors (Lipinski definition) is 2. The molecular formula is C27H36F3NS. The van der Waals surface area contributed by atoms with E-state index in [1.165, 1.54) is 21.6 Å². The van der Waals surface area contributed by atoms with E-state index in [0.29, 0.717) is 18.8 Å². The Bertz CT molecular complexity index is 817. The Morgan fingerprint density at radius 2 is 1.44 bits per heavy atom. The molecule has 0 radical (unpaired) electrons. The van der Waals surface area contributed by atoms with Gasteiger partial charge in [-0.15, -0.1) is 11.8 Å². The van der Waals surface area contributed by atoms with Gasteiger partial charge in [-0.2, -0.15) is 13.2 Å². The van der Waals surface area contributed by atoms with Crippen molar-refractivity contribution in [3.05, 3.63) is 54.1 Å². The van der Waals surface area contributed by atoms with Crippen molar-refractivity contribution in [2.45, 2.75) is 63.4 Å². The summed E-state index contributed by atoms with van der Waals surface area (Å²) in [4.78, 5) is 3.32. The Morgan fingerprint density at radius 1 is 0.906 bits per heavy atom. The van der Waals surface area contributed by atoms with Crippen LogP contribution in [-0.2, 0) is 6.42 Å². The van der Waals surface area contributed by atoms with E-state index in [4.69, 9.17) is 0 Å². The molecule has 32 heavy (non-hydrogen) atoms. The van der Waals surface area contributed by atoms with E-state index in [-0.39, 0.29) is 6.54 Å². The molecule has 0 N–H and O–H groups in total. The number of thioether (sulfide) groups is 1. The number of likely N-dealkylation sites (tertiary alicyclic amines) is 1. The van der Waals surface area contributed by atoms with Gasteiger partial charge in [0.15, 0.2) is 0 Å².